The third kappa shape index (κ3) is 3.40. The van der Waals surface area contributed by atoms with Gasteiger partial charge in [0.25, 0.3) is 0 Å². The number of carbonyl (C=O) groups is 1. The summed E-state index contributed by atoms with van der Waals surface area (Å²) in [7, 11) is 2.99. The van der Waals surface area contributed by atoms with Crippen LogP contribution in [0.4, 0.5) is 0 Å². The Morgan fingerprint density at radius 3 is 2.60 bits per heavy atom. The number of hydrogen-bond donors (Lipinski definition) is 2. The van der Waals surface area contributed by atoms with Crippen LogP contribution in [0.1, 0.15) is 15.9 Å². The average molecular weight is 346 g/mol. The van der Waals surface area contributed by atoms with Crippen LogP contribution in [0.25, 0.3) is 0 Å². The molecule has 0 aromatic heterocycles. The second kappa shape index (κ2) is 6.80. The maximum Gasteiger partial charge on any atom is 0.338 e. The molecule has 0 bridgehead atoms. The van der Waals surface area contributed by atoms with Crippen LogP contribution in [0.5, 0.6) is 28.7 Å². The summed E-state index contributed by atoms with van der Waals surface area (Å²) in [6.45, 7) is 0.134. The van der Waals surface area contributed by atoms with Gasteiger partial charge < -0.3 is 29.2 Å². The minimum absolute atomic E-state index is 0.0861. The number of benzene rings is 2. The summed E-state index contributed by atoms with van der Waals surface area (Å²) in [4.78, 5) is 12.4. The highest BCUT2D eigenvalue weighted by Gasteiger charge is 2.27. The molecule has 1 unspecified atom stereocenters. The number of carbonyl (C=O) groups excluding carboxylic acids is 1. The fourth-order valence-electron chi connectivity index (χ4n) is 2.68. The lowest BCUT2D eigenvalue weighted by molar-refractivity contribution is 0.0128. The van der Waals surface area contributed by atoms with Crippen molar-refractivity contribution in [2.45, 2.75) is 12.5 Å². The minimum atomic E-state index is -0.552. The van der Waals surface area contributed by atoms with E-state index in [0.29, 0.717) is 34.8 Å². The third-order valence-corrected chi connectivity index (χ3v) is 3.92. The van der Waals surface area contributed by atoms with Crippen molar-refractivity contribution in [3.63, 3.8) is 0 Å². The van der Waals surface area contributed by atoms with Gasteiger partial charge in [-0.15, -0.1) is 0 Å². The van der Waals surface area contributed by atoms with Gasteiger partial charge in [-0.25, -0.2) is 4.79 Å². The van der Waals surface area contributed by atoms with Gasteiger partial charge in [0.1, 0.15) is 30.0 Å². The Bertz CT molecular complexity index is 800. The second-order valence-corrected chi connectivity index (χ2v) is 5.55. The zero-order valence-corrected chi connectivity index (χ0v) is 13.8. The van der Waals surface area contributed by atoms with E-state index in [4.69, 9.17) is 18.9 Å². The van der Waals surface area contributed by atoms with E-state index in [0.717, 1.165) is 0 Å². The number of methoxy groups -OCH3 is 2. The van der Waals surface area contributed by atoms with Gasteiger partial charge >= 0.3 is 5.97 Å². The van der Waals surface area contributed by atoms with Crippen LogP contribution < -0.4 is 14.2 Å². The summed E-state index contributed by atoms with van der Waals surface area (Å²) >= 11 is 0. The van der Waals surface area contributed by atoms with E-state index in [2.05, 4.69) is 0 Å². The maximum absolute atomic E-state index is 12.4. The van der Waals surface area contributed by atoms with Crippen LogP contribution in [0, 0.1) is 0 Å². The first-order chi connectivity index (χ1) is 12.0. The summed E-state index contributed by atoms with van der Waals surface area (Å²) in [5.41, 5.74) is 0.813. The van der Waals surface area contributed by atoms with Gasteiger partial charge in [0.15, 0.2) is 11.5 Å². The molecular weight excluding hydrogens is 328 g/mol. The molecule has 1 aliphatic rings. The van der Waals surface area contributed by atoms with E-state index in [9.17, 15) is 15.0 Å². The van der Waals surface area contributed by atoms with E-state index in [1.807, 2.05) is 0 Å². The predicted molar refractivity (Wildman–Crippen MR) is 87.7 cm³/mol. The Hall–Kier alpha value is -3.09. The largest absolute Gasteiger partial charge is 0.508 e. The number of hydrogen-bond acceptors (Lipinski definition) is 7. The van der Waals surface area contributed by atoms with Crippen LogP contribution >= 0.6 is 0 Å². The van der Waals surface area contributed by atoms with E-state index in [-0.39, 0.29) is 18.1 Å². The summed E-state index contributed by atoms with van der Waals surface area (Å²) in [5.74, 6) is 0.611. The Morgan fingerprint density at radius 1 is 1.12 bits per heavy atom. The molecular formula is C18H18O7. The lowest BCUT2D eigenvalue weighted by Gasteiger charge is -2.26. The quantitative estimate of drug-likeness (QED) is 0.820. The Kier molecular flexibility index (Phi) is 4.56. The summed E-state index contributed by atoms with van der Waals surface area (Å²) in [6, 6.07) is 7.38. The molecule has 25 heavy (non-hydrogen) atoms. The molecule has 0 fully saturated rings. The van der Waals surface area contributed by atoms with Crippen molar-refractivity contribution in [2.75, 3.05) is 20.8 Å². The molecule has 7 nitrogen and oxygen atoms in total. The molecule has 0 radical (unpaired) electrons. The fraction of sp³-hybridized carbons (Fsp3) is 0.278. The van der Waals surface area contributed by atoms with Crippen LogP contribution in [-0.2, 0) is 11.2 Å². The van der Waals surface area contributed by atoms with Crippen LogP contribution in [-0.4, -0.2) is 43.1 Å². The van der Waals surface area contributed by atoms with Crippen molar-refractivity contribution in [1.82, 2.24) is 0 Å². The SMILES string of the molecule is COc1ccc(C(=O)OC2COc3cc(O)cc(O)c3C2)cc1OC. The summed E-state index contributed by atoms with van der Waals surface area (Å²) < 4.78 is 21.2. The van der Waals surface area contributed by atoms with Gasteiger partial charge in [0, 0.05) is 24.1 Å². The molecule has 0 saturated heterocycles. The minimum Gasteiger partial charge on any atom is -0.508 e. The first-order valence-corrected chi connectivity index (χ1v) is 7.62. The number of esters is 1. The molecule has 7 heteroatoms. The molecule has 2 aromatic carbocycles. The number of phenols is 2. The van der Waals surface area contributed by atoms with E-state index < -0.39 is 12.1 Å². The van der Waals surface area contributed by atoms with Crippen molar-refractivity contribution < 1.29 is 34.0 Å². The van der Waals surface area contributed by atoms with Gasteiger partial charge in [-0.2, -0.15) is 0 Å². The van der Waals surface area contributed by atoms with Gasteiger partial charge in [-0.1, -0.05) is 0 Å². The lowest BCUT2D eigenvalue weighted by Crippen LogP contribution is -2.31. The van der Waals surface area contributed by atoms with Gasteiger partial charge in [-0.05, 0) is 18.2 Å². The van der Waals surface area contributed by atoms with Gasteiger partial charge in [-0.3, -0.25) is 0 Å². The molecule has 0 aliphatic carbocycles. The smallest absolute Gasteiger partial charge is 0.338 e. The van der Waals surface area contributed by atoms with E-state index in [1.165, 1.54) is 32.4 Å². The number of phenolic OH excluding ortho intramolecular Hbond substituents is 2. The van der Waals surface area contributed by atoms with Crippen molar-refractivity contribution in [1.29, 1.82) is 0 Å². The van der Waals surface area contributed by atoms with Crippen LogP contribution in [0.2, 0.25) is 0 Å². The van der Waals surface area contributed by atoms with Crippen molar-refractivity contribution in [2.24, 2.45) is 0 Å². The molecule has 1 atom stereocenters. The zero-order chi connectivity index (χ0) is 18.0. The molecule has 1 aliphatic heterocycles. The lowest BCUT2D eigenvalue weighted by atomic mass is 10.0. The van der Waals surface area contributed by atoms with Gasteiger partial charge in [0.2, 0.25) is 0 Å². The number of fused-ring (bicyclic) bond motifs is 1. The highest BCUT2D eigenvalue weighted by atomic mass is 16.6. The second-order valence-electron chi connectivity index (χ2n) is 5.55. The number of ether oxygens (including phenoxy) is 4. The predicted octanol–water partition coefficient (Wildman–Crippen LogP) is 2.28. The molecule has 3 rings (SSSR count). The highest BCUT2D eigenvalue weighted by Crippen LogP contribution is 2.37. The number of aromatic hydroxyl groups is 2. The van der Waals surface area contributed by atoms with Crippen LogP contribution in [0.3, 0.4) is 0 Å². The molecule has 0 saturated carbocycles. The Morgan fingerprint density at radius 2 is 1.88 bits per heavy atom. The normalized spacial score (nSPS) is 15.7. The van der Waals surface area contributed by atoms with Crippen molar-refractivity contribution in [3.05, 3.63) is 41.5 Å². The monoisotopic (exact) mass is 346 g/mol. The van der Waals surface area contributed by atoms with Crippen molar-refractivity contribution >= 4 is 5.97 Å². The summed E-state index contributed by atoms with van der Waals surface area (Å²) in [5, 5.41) is 19.4. The highest BCUT2D eigenvalue weighted by molar-refractivity contribution is 5.90. The van der Waals surface area contributed by atoms with Gasteiger partial charge in [0.05, 0.1) is 19.8 Å². The molecule has 1 heterocycles. The Labute approximate surface area is 144 Å². The summed E-state index contributed by atoms with van der Waals surface area (Å²) in [6.07, 6.45) is -0.260. The third-order valence-electron chi connectivity index (χ3n) is 3.92. The average Bonchev–Trinajstić information content (AvgIpc) is 2.61. The van der Waals surface area contributed by atoms with E-state index >= 15 is 0 Å². The van der Waals surface area contributed by atoms with E-state index in [1.54, 1.807) is 12.1 Å². The molecule has 132 valence electrons. The Balaban J connectivity index is 1.74. The maximum atomic E-state index is 12.4. The zero-order valence-electron chi connectivity index (χ0n) is 13.8. The number of rotatable bonds is 4. The molecule has 0 amide bonds. The molecule has 0 spiro atoms. The molecule has 2 aromatic rings. The van der Waals surface area contributed by atoms with Crippen LogP contribution in [0.15, 0.2) is 30.3 Å². The standard InChI is InChI=1S/C18H18O7/c1-22-15-4-3-10(5-17(15)23-2)18(21)25-12-8-13-14(20)6-11(19)7-16(13)24-9-12/h3-7,12,19-20H,8-9H2,1-2H3. The first kappa shape index (κ1) is 16.8. The molecule has 2 N–H and O–H groups in total. The van der Waals surface area contributed by atoms with Crippen molar-refractivity contribution in [3.8, 4) is 28.7 Å². The topological polar surface area (TPSA) is 94.5 Å². The first-order valence-electron chi connectivity index (χ1n) is 7.62. The fourth-order valence-corrected chi connectivity index (χ4v) is 2.68.